The Morgan fingerprint density at radius 2 is 2.14 bits per heavy atom. The number of isothiocyanates is 1. The van der Waals surface area contributed by atoms with Gasteiger partial charge in [0.05, 0.1) is 5.16 Å². The van der Waals surface area contributed by atoms with E-state index in [-0.39, 0.29) is 0 Å². The van der Waals surface area contributed by atoms with Crippen LogP contribution in [-0.2, 0) is 0 Å². The van der Waals surface area contributed by atoms with E-state index in [0.29, 0.717) is 6.54 Å². The normalized spacial score (nSPS) is 4.71. The highest BCUT2D eigenvalue weighted by Crippen LogP contribution is 1.40. The molecule has 2 nitrogen and oxygen atoms in total. The number of nitrogens with one attached hydrogen (secondary N) is 1. The van der Waals surface area contributed by atoms with Crippen LogP contribution >= 0.6 is 12.2 Å². The maximum atomic E-state index is 5.77. The molecular weight excluding hydrogens is 108 g/mol. The van der Waals surface area contributed by atoms with E-state index < -0.39 is 0 Å². The molecule has 0 saturated heterocycles. The van der Waals surface area contributed by atoms with Crippen molar-refractivity contribution in [1.82, 2.24) is 0 Å². The molecule has 0 aromatic rings. The number of rotatable bonds is 1. The zero-order valence-electron chi connectivity index (χ0n) is 3.98. The standard InChI is InChI=1S/C3H7N.CHNS/c1-2-3-4;2-1-3/h2H,1,3-4H2;2H. The zero-order chi connectivity index (χ0) is 6.12. The minimum atomic E-state index is 0.583. The first kappa shape index (κ1) is 9.71. The van der Waals surface area contributed by atoms with E-state index in [1.165, 1.54) is 0 Å². The van der Waals surface area contributed by atoms with E-state index in [2.05, 4.69) is 18.8 Å². The summed E-state index contributed by atoms with van der Waals surface area (Å²) in [7, 11) is 0. The third kappa shape index (κ3) is 270. The van der Waals surface area contributed by atoms with E-state index in [1.54, 1.807) is 11.2 Å². The van der Waals surface area contributed by atoms with Gasteiger partial charge in [0, 0.05) is 6.54 Å². The third-order valence-corrected chi connectivity index (χ3v) is 0.167. The van der Waals surface area contributed by atoms with Crippen molar-refractivity contribution in [1.29, 1.82) is 5.41 Å². The van der Waals surface area contributed by atoms with Crippen molar-refractivity contribution in [2.24, 2.45) is 5.73 Å². The highest BCUT2D eigenvalue weighted by molar-refractivity contribution is 7.78. The van der Waals surface area contributed by atoms with Gasteiger partial charge in [-0.2, -0.15) is 0 Å². The largest absolute Gasteiger partial charge is 0.327 e. The predicted octanol–water partition coefficient (Wildman–Crippen LogP) is 0.799. The summed E-state index contributed by atoms with van der Waals surface area (Å²) in [6.45, 7) is 3.94. The van der Waals surface area contributed by atoms with Gasteiger partial charge in [-0.15, -0.1) is 6.58 Å². The molecule has 3 heteroatoms. The van der Waals surface area contributed by atoms with E-state index in [4.69, 9.17) is 11.1 Å². The van der Waals surface area contributed by atoms with Crippen LogP contribution in [0.5, 0.6) is 0 Å². The van der Waals surface area contributed by atoms with Crippen LogP contribution in [0.1, 0.15) is 0 Å². The molecule has 0 aliphatic heterocycles. The van der Waals surface area contributed by atoms with Crippen LogP contribution in [0.15, 0.2) is 12.7 Å². The summed E-state index contributed by atoms with van der Waals surface area (Å²) in [5.74, 6) is 0. The average Bonchev–Trinajstić information content (AvgIpc) is 1.69. The maximum absolute atomic E-state index is 5.77. The molecular formula is C4H8N2S. The van der Waals surface area contributed by atoms with Gasteiger partial charge in [0.25, 0.3) is 0 Å². The summed E-state index contributed by atoms with van der Waals surface area (Å²) in [5.41, 5.74) is 4.91. The van der Waals surface area contributed by atoms with Crippen LogP contribution in [0, 0.1) is 5.41 Å². The molecule has 0 amide bonds. The molecule has 0 spiro atoms. The Morgan fingerprint density at radius 1 is 2.00 bits per heavy atom. The molecule has 0 radical (unpaired) electrons. The van der Waals surface area contributed by atoms with Gasteiger partial charge in [0.1, 0.15) is 0 Å². The summed E-state index contributed by atoms with van der Waals surface area (Å²) < 4.78 is 0. The van der Waals surface area contributed by atoms with Crippen LogP contribution in [0.25, 0.3) is 0 Å². The first-order valence-electron chi connectivity index (χ1n) is 1.68. The summed E-state index contributed by atoms with van der Waals surface area (Å²) >= 11 is 3.81. The van der Waals surface area contributed by atoms with Crippen molar-refractivity contribution in [2.45, 2.75) is 0 Å². The number of thiocarbonyl (C=S) groups is 1. The second-order valence-corrected chi connectivity index (χ2v) is 0.831. The second-order valence-electron chi connectivity index (χ2n) is 0.626. The van der Waals surface area contributed by atoms with Gasteiger partial charge in [-0.1, -0.05) is 6.08 Å². The van der Waals surface area contributed by atoms with Crippen molar-refractivity contribution in [3.05, 3.63) is 12.7 Å². The molecule has 0 bridgehead atoms. The Hall–Kier alpha value is -0.500. The Balaban J connectivity index is 0. The van der Waals surface area contributed by atoms with Gasteiger partial charge in [0.15, 0.2) is 0 Å². The zero-order valence-corrected chi connectivity index (χ0v) is 4.79. The Kier molecular flexibility index (Phi) is 24.7. The van der Waals surface area contributed by atoms with Gasteiger partial charge < -0.3 is 5.73 Å². The highest BCUT2D eigenvalue weighted by Gasteiger charge is 1.43. The average molecular weight is 116 g/mol. The first-order chi connectivity index (χ1) is 3.33. The minimum absolute atomic E-state index is 0.583. The molecule has 0 aromatic carbocycles. The monoisotopic (exact) mass is 116 g/mol. The fraction of sp³-hybridized carbons (Fsp3) is 0.250. The Labute approximate surface area is 48.5 Å². The van der Waals surface area contributed by atoms with Gasteiger partial charge in [-0.3, -0.25) is 0 Å². The van der Waals surface area contributed by atoms with Crippen LogP contribution in [0.4, 0.5) is 0 Å². The fourth-order valence-corrected chi connectivity index (χ4v) is 0. The molecule has 7 heavy (non-hydrogen) atoms. The van der Waals surface area contributed by atoms with Crippen molar-refractivity contribution < 1.29 is 0 Å². The lowest BCUT2D eigenvalue weighted by molar-refractivity contribution is 1.26. The summed E-state index contributed by atoms with van der Waals surface area (Å²) in [6, 6.07) is 0. The minimum Gasteiger partial charge on any atom is -0.327 e. The lowest BCUT2D eigenvalue weighted by atomic mass is 10.7. The van der Waals surface area contributed by atoms with E-state index in [0.717, 1.165) is 0 Å². The Bertz CT molecular complexity index is 64.1. The van der Waals surface area contributed by atoms with Gasteiger partial charge in [0.2, 0.25) is 0 Å². The topological polar surface area (TPSA) is 49.9 Å². The smallest absolute Gasteiger partial charge is 0.0554 e. The molecule has 0 aliphatic rings. The molecule has 3 N–H and O–H groups in total. The van der Waals surface area contributed by atoms with Crippen molar-refractivity contribution in [3.63, 3.8) is 0 Å². The molecule has 0 atom stereocenters. The predicted molar refractivity (Wildman–Crippen MR) is 34.6 cm³/mol. The molecule has 0 fully saturated rings. The van der Waals surface area contributed by atoms with Crippen molar-refractivity contribution in [3.8, 4) is 0 Å². The Morgan fingerprint density at radius 3 is 2.14 bits per heavy atom. The van der Waals surface area contributed by atoms with Gasteiger partial charge in [-0.05, 0) is 12.2 Å². The summed E-state index contributed by atoms with van der Waals surface area (Å²) in [4.78, 5) is 0. The number of hydrogen-bond donors (Lipinski definition) is 2. The van der Waals surface area contributed by atoms with Crippen LogP contribution in [0.2, 0.25) is 0 Å². The number of nitrogens with two attached hydrogens (primary N) is 1. The molecule has 40 valence electrons. The highest BCUT2D eigenvalue weighted by atomic mass is 32.1. The lowest BCUT2D eigenvalue weighted by Gasteiger charge is -1.61. The van der Waals surface area contributed by atoms with E-state index in [1.807, 2.05) is 0 Å². The lowest BCUT2D eigenvalue weighted by Crippen LogP contribution is -1.90. The summed E-state index contributed by atoms with van der Waals surface area (Å²) in [6.07, 6.45) is 1.65. The maximum Gasteiger partial charge on any atom is 0.0554 e. The van der Waals surface area contributed by atoms with Crippen molar-refractivity contribution >= 4 is 17.4 Å². The fourth-order valence-electron chi connectivity index (χ4n) is 0. The molecule has 0 aromatic heterocycles. The van der Waals surface area contributed by atoms with Crippen LogP contribution in [0.3, 0.4) is 0 Å². The molecule has 0 heterocycles. The van der Waals surface area contributed by atoms with Crippen LogP contribution in [-0.4, -0.2) is 11.7 Å². The van der Waals surface area contributed by atoms with Gasteiger partial charge >= 0.3 is 0 Å². The second kappa shape index (κ2) is 17.8. The quantitative estimate of drug-likeness (QED) is 0.302. The molecule has 0 unspecified atom stereocenters. The first-order valence-corrected chi connectivity index (χ1v) is 2.09. The summed E-state index contributed by atoms with van der Waals surface area (Å²) in [5, 5.41) is 7.36. The molecule has 0 saturated carbocycles. The third-order valence-electron chi connectivity index (χ3n) is 0.167. The molecule has 0 rings (SSSR count). The number of hydrogen-bond acceptors (Lipinski definition) is 3. The van der Waals surface area contributed by atoms with Crippen LogP contribution < -0.4 is 5.73 Å². The van der Waals surface area contributed by atoms with Crippen molar-refractivity contribution in [2.75, 3.05) is 6.54 Å². The van der Waals surface area contributed by atoms with E-state index in [9.17, 15) is 0 Å². The SMILES string of the molecule is C=CCN.N=C=S. The van der Waals surface area contributed by atoms with Gasteiger partial charge in [-0.25, -0.2) is 5.41 Å². The van der Waals surface area contributed by atoms with E-state index >= 15 is 0 Å². The molecule has 0 aliphatic carbocycles.